The third kappa shape index (κ3) is 7.58. The average Bonchev–Trinajstić information content (AvgIpc) is 3.22. The molecule has 0 saturated heterocycles. The molecule has 2 aromatic carbocycles. The third-order valence-corrected chi connectivity index (χ3v) is 6.28. The Balaban J connectivity index is 1.48. The van der Waals surface area contributed by atoms with E-state index in [2.05, 4.69) is 49.5 Å². The molecular formula is C28H36N2O4. The Hall–Kier alpha value is -2.88. The zero-order valence-corrected chi connectivity index (χ0v) is 20.5. The number of hydrogen-bond donors (Lipinski definition) is 2. The van der Waals surface area contributed by atoms with E-state index in [1.165, 1.54) is 11.1 Å². The molecule has 2 aromatic rings. The Morgan fingerprint density at radius 3 is 2.59 bits per heavy atom. The predicted molar refractivity (Wildman–Crippen MR) is 132 cm³/mol. The molecule has 0 fully saturated rings. The van der Waals surface area contributed by atoms with Crippen LogP contribution in [0.2, 0.25) is 0 Å². The Morgan fingerprint density at radius 2 is 1.94 bits per heavy atom. The van der Waals surface area contributed by atoms with Crippen LogP contribution in [0.4, 0.5) is 0 Å². The number of carbonyl (C=O) groups is 1. The number of nitriles is 1. The topological polar surface area (TPSA) is 91.6 Å². The summed E-state index contributed by atoms with van der Waals surface area (Å²) in [7, 11) is 0. The molecule has 0 spiro atoms. The number of nitrogens with zero attached hydrogens (tertiary/aromatic N) is 1. The summed E-state index contributed by atoms with van der Waals surface area (Å²) in [6, 6.07) is 15.9. The molecule has 0 aliphatic heterocycles. The van der Waals surface area contributed by atoms with E-state index in [4.69, 9.17) is 9.47 Å². The highest BCUT2D eigenvalue weighted by Gasteiger charge is 2.28. The van der Waals surface area contributed by atoms with Crippen molar-refractivity contribution in [1.29, 1.82) is 5.26 Å². The van der Waals surface area contributed by atoms with Gasteiger partial charge in [0.2, 0.25) is 0 Å². The summed E-state index contributed by atoms with van der Waals surface area (Å²) in [5.74, 6) is 0.851. The van der Waals surface area contributed by atoms with Gasteiger partial charge in [-0.05, 0) is 81.2 Å². The van der Waals surface area contributed by atoms with Crippen LogP contribution in [0.3, 0.4) is 0 Å². The monoisotopic (exact) mass is 464 g/mol. The summed E-state index contributed by atoms with van der Waals surface area (Å²) in [4.78, 5) is 11.7. The van der Waals surface area contributed by atoms with E-state index in [1.54, 1.807) is 25.1 Å². The van der Waals surface area contributed by atoms with E-state index in [9.17, 15) is 15.2 Å². The highest BCUT2D eigenvalue weighted by molar-refractivity contribution is 5.69. The van der Waals surface area contributed by atoms with Crippen LogP contribution in [-0.4, -0.2) is 42.5 Å². The van der Waals surface area contributed by atoms with Gasteiger partial charge in [-0.25, -0.2) is 0 Å². The van der Waals surface area contributed by atoms with E-state index in [0.29, 0.717) is 36.8 Å². The second-order valence-electron chi connectivity index (χ2n) is 9.72. The lowest BCUT2D eigenvalue weighted by Gasteiger charge is -2.30. The van der Waals surface area contributed by atoms with Gasteiger partial charge >= 0.3 is 5.97 Å². The fraction of sp³-hybridized carbons (Fsp3) is 0.500. The van der Waals surface area contributed by atoms with Crippen LogP contribution in [-0.2, 0) is 28.8 Å². The maximum atomic E-state index is 11.7. The number of fused-ring (bicyclic) bond motifs is 1. The fourth-order valence-corrected chi connectivity index (χ4v) is 4.66. The number of esters is 1. The molecule has 1 atom stereocenters. The summed E-state index contributed by atoms with van der Waals surface area (Å²) in [6.07, 6.45) is 3.22. The van der Waals surface area contributed by atoms with Crippen molar-refractivity contribution in [2.24, 2.45) is 5.92 Å². The second-order valence-corrected chi connectivity index (χ2v) is 9.72. The number of nitrogens with one attached hydrogen (secondary N) is 1. The number of benzene rings is 2. The molecule has 0 amide bonds. The molecule has 6 heteroatoms. The number of aliphatic hydroxyl groups is 1. The zero-order valence-electron chi connectivity index (χ0n) is 20.5. The van der Waals surface area contributed by atoms with Crippen molar-refractivity contribution in [2.75, 3.05) is 19.8 Å². The van der Waals surface area contributed by atoms with Crippen molar-refractivity contribution in [3.63, 3.8) is 0 Å². The first-order chi connectivity index (χ1) is 16.3. The summed E-state index contributed by atoms with van der Waals surface area (Å²) in [5, 5.41) is 23.3. The summed E-state index contributed by atoms with van der Waals surface area (Å²) < 4.78 is 10.9. The van der Waals surface area contributed by atoms with Gasteiger partial charge in [0.15, 0.2) is 0 Å². The summed E-state index contributed by atoms with van der Waals surface area (Å²) in [6.45, 7) is 6.97. The molecular weight excluding hydrogens is 428 g/mol. The quantitative estimate of drug-likeness (QED) is 0.462. The van der Waals surface area contributed by atoms with Crippen molar-refractivity contribution >= 4 is 5.97 Å². The van der Waals surface area contributed by atoms with E-state index >= 15 is 0 Å². The van der Waals surface area contributed by atoms with Crippen molar-refractivity contribution in [3.8, 4) is 11.8 Å². The molecule has 3 rings (SSSR count). The average molecular weight is 465 g/mol. The maximum absolute atomic E-state index is 11.7. The molecule has 182 valence electrons. The van der Waals surface area contributed by atoms with E-state index in [0.717, 1.165) is 24.8 Å². The first-order valence-electron chi connectivity index (χ1n) is 12.1. The Labute approximate surface area is 202 Å². The molecule has 6 nitrogen and oxygen atoms in total. The van der Waals surface area contributed by atoms with Gasteiger partial charge < -0.3 is 19.9 Å². The van der Waals surface area contributed by atoms with Crippen molar-refractivity contribution < 1.29 is 19.4 Å². The number of ether oxygens (including phenoxy) is 2. The standard InChI is InChI=1S/C28H36N2O4/c1-4-33-27(32)12-11-22-10-9-20(17-29)15-26(22)34-19-25(31)18-30-28(2,3)16-21-13-23-7-5-6-8-24(23)14-21/h5-10,15,21,25,30-31H,4,11-14,16,18-19H2,1-3H3/t25-/m1/s1. The van der Waals surface area contributed by atoms with Gasteiger partial charge in [0, 0.05) is 18.5 Å². The maximum Gasteiger partial charge on any atom is 0.306 e. The number of rotatable bonds is 12. The fourth-order valence-electron chi connectivity index (χ4n) is 4.66. The molecule has 0 saturated carbocycles. The molecule has 0 aromatic heterocycles. The summed E-state index contributed by atoms with van der Waals surface area (Å²) in [5.41, 5.74) is 4.08. The largest absolute Gasteiger partial charge is 0.491 e. The van der Waals surface area contributed by atoms with Crippen molar-refractivity contribution in [3.05, 3.63) is 64.7 Å². The SMILES string of the molecule is CCOC(=O)CCc1ccc(C#N)cc1OC[C@H](O)CNC(C)(C)CC1Cc2ccccc2C1. The lowest BCUT2D eigenvalue weighted by Crippen LogP contribution is -2.46. The van der Waals surface area contributed by atoms with Gasteiger partial charge in [0.1, 0.15) is 18.5 Å². The van der Waals surface area contributed by atoms with Crippen molar-refractivity contribution in [1.82, 2.24) is 5.32 Å². The van der Waals surface area contributed by atoms with Gasteiger partial charge in [0.05, 0.1) is 18.2 Å². The minimum absolute atomic E-state index is 0.0965. The molecule has 1 aliphatic rings. The number of hydrogen-bond acceptors (Lipinski definition) is 6. The van der Waals surface area contributed by atoms with Crippen LogP contribution >= 0.6 is 0 Å². The predicted octanol–water partition coefficient (Wildman–Crippen LogP) is 3.97. The van der Waals surface area contributed by atoms with E-state index < -0.39 is 6.10 Å². The van der Waals surface area contributed by atoms with Gasteiger partial charge in [0.25, 0.3) is 0 Å². The third-order valence-electron chi connectivity index (χ3n) is 6.28. The molecule has 1 aliphatic carbocycles. The number of aliphatic hydroxyl groups excluding tert-OH is 1. The van der Waals surface area contributed by atoms with Crippen LogP contribution in [0, 0.1) is 17.2 Å². The molecule has 0 radical (unpaired) electrons. The lowest BCUT2D eigenvalue weighted by molar-refractivity contribution is -0.143. The number of β-amino-alcohol motifs (C(OH)–C–C–N with tert-alkyl or cyclic N) is 1. The van der Waals surface area contributed by atoms with Crippen LogP contribution in [0.15, 0.2) is 42.5 Å². The van der Waals surface area contributed by atoms with Crippen LogP contribution < -0.4 is 10.1 Å². The molecule has 34 heavy (non-hydrogen) atoms. The van der Waals surface area contributed by atoms with Gasteiger partial charge in [-0.3, -0.25) is 4.79 Å². The molecule has 0 unspecified atom stereocenters. The lowest BCUT2D eigenvalue weighted by atomic mass is 9.88. The van der Waals surface area contributed by atoms with Crippen LogP contribution in [0.5, 0.6) is 5.75 Å². The number of carbonyl (C=O) groups excluding carboxylic acids is 1. The van der Waals surface area contributed by atoms with E-state index in [1.807, 2.05) is 0 Å². The van der Waals surface area contributed by atoms with Crippen LogP contribution in [0.1, 0.15) is 55.9 Å². The Morgan fingerprint density at radius 1 is 1.24 bits per heavy atom. The second kappa shape index (κ2) is 12.0. The highest BCUT2D eigenvalue weighted by Crippen LogP contribution is 2.32. The first-order valence-corrected chi connectivity index (χ1v) is 12.1. The Bertz CT molecular complexity index is 987. The van der Waals surface area contributed by atoms with Gasteiger partial charge in [-0.2, -0.15) is 5.26 Å². The minimum Gasteiger partial charge on any atom is -0.491 e. The normalized spacial score (nSPS) is 14.3. The molecule has 0 bridgehead atoms. The van der Waals surface area contributed by atoms with Gasteiger partial charge in [-0.15, -0.1) is 0 Å². The molecule has 0 heterocycles. The van der Waals surface area contributed by atoms with Gasteiger partial charge in [-0.1, -0.05) is 30.3 Å². The highest BCUT2D eigenvalue weighted by atomic mass is 16.5. The smallest absolute Gasteiger partial charge is 0.306 e. The minimum atomic E-state index is -0.705. The van der Waals surface area contributed by atoms with E-state index in [-0.39, 0.29) is 24.5 Å². The first kappa shape index (κ1) is 25.7. The summed E-state index contributed by atoms with van der Waals surface area (Å²) >= 11 is 0. The van der Waals surface area contributed by atoms with Crippen LogP contribution in [0.25, 0.3) is 0 Å². The molecule has 2 N–H and O–H groups in total. The van der Waals surface area contributed by atoms with Crippen molar-refractivity contribution in [2.45, 2.75) is 64.5 Å². The Kier molecular flexibility index (Phi) is 9.09. The zero-order chi connectivity index (χ0) is 24.6. The number of aryl methyl sites for hydroxylation is 1.